The number of amides is 1. The third-order valence-electron chi connectivity index (χ3n) is 4.56. The van der Waals surface area contributed by atoms with Crippen LogP contribution in [0, 0.1) is 6.92 Å². The molecule has 7 heteroatoms. The summed E-state index contributed by atoms with van der Waals surface area (Å²) in [6.45, 7) is 3.76. The number of oxazole rings is 1. The highest BCUT2D eigenvalue weighted by Gasteiger charge is 2.17. The fourth-order valence-corrected chi connectivity index (χ4v) is 3.18. The lowest BCUT2D eigenvalue weighted by Crippen LogP contribution is -2.32. The molecule has 0 fully saturated rings. The Morgan fingerprint density at radius 2 is 2.00 bits per heavy atom. The van der Waals surface area contributed by atoms with E-state index in [-0.39, 0.29) is 5.91 Å². The molecule has 0 N–H and O–H groups in total. The first-order valence-electron chi connectivity index (χ1n) is 9.20. The molecule has 3 heterocycles. The lowest BCUT2D eigenvalue weighted by molar-refractivity contribution is 0.0739. The molecule has 0 unspecified atom stereocenters. The van der Waals surface area contributed by atoms with Gasteiger partial charge in [-0.05, 0) is 42.3 Å². The second kappa shape index (κ2) is 8.04. The van der Waals surface area contributed by atoms with Gasteiger partial charge < -0.3 is 13.9 Å². The van der Waals surface area contributed by atoms with E-state index in [2.05, 4.69) is 15.0 Å². The molecule has 0 aliphatic heterocycles. The quantitative estimate of drug-likeness (QED) is 0.494. The highest BCUT2D eigenvalue weighted by molar-refractivity contribution is 5.97. The van der Waals surface area contributed by atoms with Gasteiger partial charge in [-0.15, -0.1) is 0 Å². The first kappa shape index (κ1) is 17.9. The monoisotopic (exact) mass is 375 g/mol. The smallest absolute Gasteiger partial charge is 0.254 e. The van der Waals surface area contributed by atoms with Crippen molar-refractivity contribution in [3.63, 3.8) is 0 Å². The molecule has 0 aliphatic carbocycles. The maximum atomic E-state index is 13.2. The van der Waals surface area contributed by atoms with Crippen LogP contribution in [0.3, 0.4) is 0 Å². The zero-order valence-electron chi connectivity index (χ0n) is 15.7. The van der Waals surface area contributed by atoms with E-state index in [4.69, 9.17) is 4.42 Å². The topological polar surface area (TPSA) is 77.1 Å². The number of benzene rings is 1. The summed E-state index contributed by atoms with van der Waals surface area (Å²) in [7, 11) is 0. The van der Waals surface area contributed by atoms with Crippen molar-refractivity contribution in [1.82, 2.24) is 24.4 Å². The molecular weight excluding hydrogens is 354 g/mol. The zero-order chi connectivity index (χ0) is 19.3. The van der Waals surface area contributed by atoms with Gasteiger partial charge in [-0.2, -0.15) is 0 Å². The summed E-state index contributed by atoms with van der Waals surface area (Å²) in [6, 6.07) is 9.27. The average Bonchev–Trinajstić information content (AvgIpc) is 3.35. The third-order valence-corrected chi connectivity index (χ3v) is 4.56. The summed E-state index contributed by atoms with van der Waals surface area (Å²) in [6.07, 6.45) is 9.79. The highest BCUT2D eigenvalue weighted by Crippen LogP contribution is 2.19. The van der Waals surface area contributed by atoms with Crippen LogP contribution in [0.4, 0.5) is 0 Å². The molecule has 4 rings (SSSR count). The van der Waals surface area contributed by atoms with Crippen molar-refractivity contribution in [2.45, 2.75) is 26.4 Å². The Hall–Kier alpha value is -3.48. The summed E-state index contributed by atoms with van der Waals surface area (Å²) in [5, 5.41) is 0. The van der Waals surface area contributed by atoms with E-state index in [1.54, 1.807) is 37.9 Å². The molecule has 1 amide bonds. The molecule has 0 aliphatic rings. The van der Waals surface area contributed by atoms with Gasteiger partial charge in [0.05, 0.1) is 6.33 Å². The fraction of sp³-hybridized carbons (Fsp3) is 0.238. The van der Waals surface area contributed by atoms with Crippen molar-refractivity contribution in [2.24, 2.45) is 0 Å². The summed E-state index contributed by atoms with van der Waals surface area (Å²) < 4.78 is 7.60. The molecule has 28 heavy (non-hydrogen) atoms. The Balaban J connectivity index is 1.53. The van der Waals surface area contributed by atoms with Crippen molar-refractivity contribution in [3.8, 4) is 0 Å². The molecule has 0 spiro atoms. The summed E-state index contributed by atoms with van der Waals surface area (Å²) in [5.41, 5.74) is 3.03. The molecule has 0 bridgehead atoms. The van der Waals surface area contributed by atoms with E-state index in [0.717, 1.165) is 24.0 Å². The minimum atomic E-state index is -0.0293. The molecule has 0 atom stereocenters. The first-order chi connectivity index (χ1) is 13.7. The number of hydrogen-bond donors (Lipinski definition) is 0. The Morgan fingerprint density at radius 3 is 2.79 bits per heavy atom. The third kappa shape index (κ3) is 4.09. The molecular formula is C21H21N5O2. The number of aromatic nitrogens is 4. The molecule has 0 saturated heterocycles. The lowest BCUT2D eigenvalue weighted by atomic mass is 10.1. The second-order valence-electron chi connectivity index (χ2n) is 6.65. The first-order valence-corrected chi connectivity index (χ1v) is 9.20. The lowest BCUT2D eigenvalue weighted by Gasteiger charge is -2.23. The van der Waals surface area contributed by atoms with E-state index < -0.39 is 0 Å². The van der Waals surface area contributed by atoms with Gasteiger partial charge in [0.2, 0.25) is 0 Å². The van der Waals surface area contributed by atoms with Crippen LogP contribution in [0.15, 0.2) is 65.9 Å². The van der Waals surface area contributed by atoms with Crippen LogP contribution in [0.1, 0.15) is 28.2 Å². The van der Waals surface area contributed by atoms with Crippen molar-refractivity contribution >= 4 is 17.0 Å². The van der Waals surface area contributed by atoms with Gasteiger partial charge in [0.1, 0.15) is 5.52 Å². The van der Waals surface area contributed by atoms with Crippen LogP contribution in [0.25, 0.3) is 11.1 Å². The molecule has 142 valence electrons. The molecule has 0 saturated carbocycles. The predicted octanol–water partition coefficient (Wildman–Crippen LogP) is 3.46. The second-order valence-corrected chi connectivity index (χ2v) is 6.65. The van der Waals surface area contributed by atoms with Crippen LogP contribution in [-0.4, -0.2) is 36.9 Å². The number of pyridine rings is 1. The van der Waals surface area contributed by atoms with Crippen LogP contribution in [0.2, 0.25) is 0 Å². The van der Waals surface area contributed by atoms with Gasteiger partial charge in [-0.1, -0.05) is 0 Å². The maximum absolute atomic E-state index is 13.2. The number of hydrogen-bond acceptors (Lipinski definition) is 5. The molecule has 3 aromatic heterocycles. The number of imidazole rings is 1. The van der Waals surface area contributed by atoms with Gasteiger partial charge in [0.25, 0.3) is 5.91 Å². The van der Waals surface area contributed by atoms with Gasteiger partial charge >= 0.3 is 0 Å². The van der Waals surface area contributed by atoms with Gasteiger partial charge in [0, 0.05) is 56.9 Å². The summed E-state index contributed by atoms with van der Waals surface area (Å²) >= 11 is 0. The van der Waals surface area contributed by atoms with E-state index >= 15 is 0 Å². The number of rotatable bonds is 7. The van der Waals surface area contributed by atoms with E-state index in [1.807, 2.05) is 39.9 Å². The number of carbonyl (C=O) groups excluding carboxylic acids is 1. The number of nitrogens with zero attached hydrogens (tertiary/aromatic N) is 5. The largest absolute Gasteiger partial charge is 0.441 e. The van der Waals surface area contributed by atoms with Crippen molar-refractivity contribution in [2.75, 3.05) is 6.54 Å². The summed E-state index contributed by atoms with van der Waals surface area (Å²) in [5.74, 6) is 0.562. The van der Waals surface area contributed by atoms with Gasteiger partial charge in [0.15, 0.2) is 11.5 Å². The highest BCUT2D eigenvalue weighted by atomic mass is 16.3. The predicted molar refractivity (Wildman–Crippen MR) is 105 cm³/mol. The molecule has 7 nitrogen and oxygen atoms in total. The van der Waals surface area contributed by atoms with Crippen LogP contribution in [-0.2, 0) is 13.1 Å². The molecule has 4 aromatic rings. The fourth-order valence-electron chi connectivity index (χ4n) is 3.18. The number of fused-ring (bicyclic) bond motifs is 1. The Kier molecular flexibility index (Phi) is 5.14. The number of carbonyl (C=O) groups is 1. The minimum absolute atomic E-state index is 0.0293. The van der Waals surface area contributed by atoms with Crippen molar-refractivity contribution in [1.29, 1.82) is 0 Å². The number of aryl methyl sites for hydroxylation is 2. The molecule has 0 radical (unpaired) electrons. The van der Waals surface area contributed by atoms with E-state index in [0.29, 0.717) is 30.1 Å². The molecule has 1 aromatic carbocycles. The Morgan fingerprint density at radius 1 is 1.14 bits per heavy atom. The maximum Gasteiger partial charge on any atom is 0.254 e. The van der Waals surface area contributed by atoms with Crippen LogP contribution >= 0.6 is 0 Å². The summed E-state index contributed by atoms with van der Waals surface area (Å²) in [4.78, 5) is 27.5. The van der Waals surface area contributed by atoms with E-state index in [1.165, 1.54) is 0 Å². The Bertz CT molecular complexity index is 1060. The van der Waals surface area contributed by atoms with Gasteiger partial charge in [-0.25, -0.2) is 9.97 Å². The Labute approximate surface area is 162 Å². The standard InChI is InChI=1S/C21H21N5O2/c1-16-24-19-4-3-18(13-20(19)28-16)21(27)26(14-17-5-7-22-8-6-17)11-2-10-25-12-9-23-15-25/h3-9,12-13,15H,2,10-11,14H2,1H3. The van der Waals surface area contributed by atoms with E-state index in [9.17, 15) is 4.79 Å². The average molecular weight is 375 g/mol. The SMILES string of the molecule is Cc1nc2ccc(C(=O)N(CCCn3ccnc3)Cc3ccncc3)cc2o1. The van der Waals surface area contributed by atoms with Crippen molar-refractivity contribution < 1.29 is 9.21 Å². The van der Waals surface area contributed by atoms with Crippen molar-refractivity contribution in [3.05, 3.63) is 78.5 Å². The van der Waals surface area contributed by atoms with Gasteiger partial charge in [-0.3, -0.25) is 9.78 Å². The zero-order valence-corrected chi connectivity index (χ0v) is 15.7. The van der Waals surface area contributed by atoms with Crippen LogP contribution in [0.5, 0.6) is 0 Å². The normalized spacial score (nSPS) is 11.0. The van der Waals surface area contributed by atoms with Crippen LogP contribution < -0.4 is 0 Å². The minimum Gasteiger partial charge on any atom is -0.441 e.